The molecule has 0 unspecified atom stereocenters. The number of thiophene rings is 1. The van der Waals surface area contributed by atoms with Crippen LogP contribution < -0.4 is 0 Å². The molecule has 0 radical (unpaired) electrons. The van der Waals surface area contributed by atoms with Gasteiger partial charge in [0.15, 0.2) is 0 Å². The van der Waals surface area contributed by atoms with Crippen LogP contribution in [0.25, 0.3) is 10.1 Å². The summed E-state index contributed by atoms with van der Waals surface area (Å²) in [4.78, 5) is 16.5. The molecule has 2 aliphatic rings. The van der Waals surface area contributed by atoms with Crippen LogP contribution in [0.1, 0.15) is 58.7 Å². The highest BCUT2D eigenvalue weighted by atomic mass is 32.1. The predicted octanol–water partition coefficient (Wildman–Crippen LogP) is 4.71. The molecule has 2 aliphatic carbocycles. The van der Waals surface area contributed by atoms with Crippen molar-refractivity contribution in [1.82, 2.24) is 14.7 Å². The summed E-state index contributed by atoms with van der Waals surface area (Å²) in [7, 11) is 2.04. The molecule has 1 saturated carbocycles. The summed E-state index contributed by atoms with van der Waals surface area (Å²) in [5, 5.41) is 5.95. The van der Waals surface area contributed by atoms with E-state index in [2.05, 4.69) is 23.1 Å². The molecular weight excluding hydrogens is 354 g/mol. The summed E-state index contributed by atoms with van der Waals surface area (Å²) in [6.07, 6.45) is 8.11. The van der Waals surface area contributed by atoms with Crippen LogP contribution in [0.2, 0.25) is 0 Å². The Labute approximate surface area is 163 Å². The largest absolute Gasteiger partial charge is 0.329 e. The second kappa shape index (κ2) is 6.79. The zero-order valence-electron chi connectivity index (χ0n) is 15.8. The number of carbonyl (C=O) groups excluding carboxylic acids is 1. The Kier molecular flexibility index (Phi) is 4.27. The van der Waals surface area contributed by atoms with Crippen molar-refractivity contribution in [3.63, 3.8) is 0 Å². The first-order chi connectivity index (χ1) is 13.2. The van der Waals surface area contributed by atoms with Crippen molar-refractivity contribution in [2.75, 3.05) is 0 Å². The molecular formula is C22H25N3OS. The number of aromatic nitrogens is 2. The topological polar surface area (TPSA) is 38.1 Å². The van der Waals surface area contributed by atoms with Crippen molar-refractivity contribution in [2.24, 2.45) is 7.05 Å². The molecule has 0 N–H and O–H groups in total. The second-order valence-corrected chi connectivity index (χ2v) is 8.95. The second-order valence-electron chi connectivity index (χ2n) is 7.87. The van der Waals surface area contributed by atoms with Gasteiger partial charge >= 0.3 is 0 Å². The summed E-state index contributed by atoms with van der Waals surface area (Å²) >= 11 is 1.62. The minimum Gasteiger partial charge on any atom is -0.329 e. The third-order valence-electron chi connectivity index (χ3n) is 6.18. The van der Waals surface area contributed by atoms with Gasteiger partial charge in [-0.05, 0) is 55.2 Å². The quantitative estimate of drug-likeness (QED) is 0.658. The molecule has 4 nitrogen and oxygen atoms in total. The summed E-state index contributed by atoms with van der Waals surface area (Å²) < 4.78 is 3.22. The van der Waals surface area contributed by atoms with Crippen molar-refractivity contribution in [3.8, 4) is 0 Å². The lowest BCUT2D eigenvalue weighted by atomic mass is 10.1. The normalized spacial score (nSPS) is 16.9. The summed E-state index contributed by atoms with van der Waals surface area (Å²) in [6.45, 7) is 0.654. The van der Waals surface area contributed by atoms with Gasteiger partial charge in [-0.25, -0.2) is 0 Å². The Hall–Kier alpha value is -2.14. The van der Waals surface area contributed by atoms with E-state index in [-0.39, 0.29) is 5.91 Å². The van der Waals surface area contributed by atoms with E-state index in [1.807, 2.05) is 23.9 Å². The molecule has 2 aromatic heterocycles. The van der Waals surface area contributed by atoms with Crippen LogP contribution in [-0.2, 0) is 26.4 Å². The highest BCUT2D eigenvalue weighted by molar-refractivity contribution is 7.20. The Morgan fingerprint density at radius 1 is 1.22 bits per heavy atom. The zero-order chi connectivity index (χ0) is 18.4. The third-order valence-corrected chi connectivity index (χ3v) is 7.29. The number of amides is 1. The van der Waals surface area contributed by atoms with Gasteiger partial charge in [0, 0.05) is 23.5 Å². The highest BCUT2D eigenvalue weighted by Crippen LogP contribution is 2.32. The van der Waals surface area contributed by atoms with Crippen molar-refractivity contribution >= 4 is 27.3 Å². The number of hydrogen-bond donors (Lipinski definition) is 0. The average Bonchev–Trinajstić information content (AvgIpc) is 3.45. The lowest BCUT2D eigenvalue weighted by molar-refractivity contribution is 0.0666. The Bertz CT molecular complexity index is 963. The molecule has 3 aromatic rings. The first kappa shape index (κ1) is 17.0. The average molecular weight is 380 g/mol. The molecule has 0 atom stereocenters. The maximum Gasteiger partial charge on any atom is 0.264 e. The van der Waals surface area contributed by atoms with Gasteiger partial charge in [0.1, 0.15) is 0 Å². The highest BCUT2D eigenvalue weighted by Gasteiger charge is 2.31. The van der Waals surface area contributed by atoms with Crippen LogP contribution in [0.4, 0.5) is 0 Å². The summed E-state index contributed by atoms with van der Waals surface area (Å²) in [5.74, 6) is 0.181. The first-order valence-corrected chi connectivity index (χ1v) is 10.9. The molecule has 0 aliphatic heterocycles. The Morgan fingerprint density at radius 3 is 2.85 bits per heavy atom. The van der Waals surface area contributed by atoms with Crippen LogP contribution in [-0.4, -0.2) is 26.6 Å². The van der Waals surface area contributed by atoms with E-state index in [1.165, 1.54) is 35.2 Å². The third kappa shape index (κ3) is 2.98. The van der Waals surface area contributed by atoms with Crippen LogP contribution in [0.5, 0.6) is 0 Å². The minimum atomic E-state index is 0.181. The smallest absolute Gasteiger partial charge is 0.264 e. The van der Waals surface area contributed by atoms with Crippen LogP contribution >= 0.6 is 11.3 Å². The Balaban J connectivity index is 1.49. The molecule has 1 fully saturated rings. The number of rotatable bonds is 4. The Morgan fingerprint density at radius 2 is 2.04 bits per heavy atom. The van der Waals surface area contributed by atoms with Gasteiger partial charge in [-0.2, -0.15) is 5.10 Å². The molecule has 5 rings (SSSR count). The zero-order valence-corrected chi connectivity index (χ0v) is 16.6. The lowest BCUT2D eigenvalue weighted by Crippen LogP contribution is -2.38. The molecule has 27 heavy (non-hydrogen) atoms. The van der Waals surface area contributed by atoms with Gasteiger partial charge < -0.3 is 4.90 Å². The molecule has 1 amide bonds. The summed E-state index contributed by atoms with van der Waals surface area (Å²) in [6, 6.07) is 10.7. The van der Waals surface area contributed by atoms with Crippen molar-refractivity contribution in [3.05, 3.63) is 52.2 Å². The molecule has 140 valence electrons. The van der Waals surface area contributed by atoms with E-state index in [9.17, 15) is 4.79 Å². The maximum atomic E-state index is 13.5. The van der Waals surface area contributed by atoms with Gasteiger partial charge in [-0.3, -0.25) is 9.48 Å². The fourth-order valence-corrected chi connectivity index (χ4v) is 5.82. The van der Waals surface area contributed by atoms with E-state index in [0.29, 0.717) is 12.6 Å². The van der Waals surface area contributed by atoms with Gasteiger partial charge in [0.05, 0.1) is 17.1 Å². The molecule has 0 bridgehead atoms. The van der Waals surface area contributed by atoms with Crippen LogP contribution in [0.3, 0.4) is 0 Å². The standard InChI is InChI=1S/C22H25N3OS/c1-24-19-11-6-10-17(19)18(23-24)14-25(16-8-3-4-9-16)22(26)21-13-15-7-2-5-12-20(15)27-21/h2,5,7,12-13,16H,3-4,6,8-11,14H2,1H3. The van der Waals surface area contributed by atoms with Crippen molar-refractivity contribution in [1.29, 1.82) is 0 Å². The molecule has 0 saturated heterocycles. The molecule has 2 heterocycles. The van der Waals surface area contributed by atoms with Gasteiger partial charge in [-0.15, -0.1) is 11.3 Å². The SMILES string of the molecule is Cn1nc(CN(C(=O)c2cc3ccccc3s2)C2CCCC2)c2c1CCC2. The number of benzene rings is 1. The summed E-state index contributed by atoms with van der Waals surface area (Å²) in [5.41, 5.74) is 3.88. The number of fused-ring (bicyclic) bond motifs is 2. The molecule has 1 aromatic carbocycles. The van der Waals surface area contributed by atoms with Gasteiger partial charge in [-0.1, -0.05) is 31.0 Å². The van der Waals surface area contributed by atoms with E-state index < -0.39 is 0 Å². The monoisotopic (exact) mass is 379 g/mol. The first-order valence-electron chi connectivity index (χ1n) is 10.0. The number of carbonyl (C=O) groups is 1. The van der Waals surface area contributed by atoms with Crippen LogP contribution in [0.15, 0.2) is 30.3 Å². The molecule has 0 spiro atoms. The minimum absolute atomic E-state index is 0.181. The lowest BCUT2D eigenvalue weighted by Gasteiger charge is -2.28. The van der Waals surface area contributed by atoms with Crippen molar-refractivity contribution in [2.45, 2.75) is 57.5 Å². The van der Waals surface area contributed by atoms with Gasteiger partial charge in [0.2, 0.25) is 0 Å². The number of hydrogen-bond acceptors (Lipinski definition) is 3. The van der Waals surface area contributed by atoms with Crippen molar-refractivity contribution < 1.29 is 4.79 Å². The number of aryl methyl sites for hydroxylation is 1. The van der Waals surface area contributed by atoms with E-state index >= 15 is 0 Å². The van der Waals surface area contributed by atoms with Gasteiger partial charge in [0.25, 0.3) is 5.91 Å². The van der Waals surface area contributed by atoms with E-state index in [4.69, 9.17) is 5.10 Å². The fraction of sp³-hybridized carbons (Fsp3) is 0.455. The maximum absolute atomic E-state index is 13.5. The predicted molar refractivity (Wildman–Crippen MR) is 109 cm³/mol. The number of nitrogens with zero attached hydrogens (tertiary/aromatic N) is 3. The van der Waals surface area contributed by atoms with E-state index in [0.717, 1.165) is 41.6 Å². The van der Waals surface area contributed by atoms with Crippen LogP contribution in [0, 0.1) is 0 Å². The molecule has 5 heteroatoms. The fourth-order valence-electron chi connectivity index (χ4n) is 4.80. The van der Waals surface area contributed by atoms with E-state index in [1.54, 1.807) is 11.3 Å².